The van der Waals surface area contributed by atoms with Gasteiger partial charge in [0.15, 0.2) is 0 Å². The van der Waals surface area contributed by atoms with Gasteiger partial charge in [-0.15, -0.1) is 0 Å². The van der Waals surface area contributed by atoms with E-state index in [4.69, 9.17) is 5.73 Å². The topological polar surface area (TPSA) is 48.0 Å². The molecule has 3 rings (SSSR count). The molecule has 1 amide bonds. The maximum atomic E-state index is 13.9. The molecule has 0 unspecified atom stereocenters. The highest BCUT2D eigenvalue weighted by molar-refractivity contribution is 9.10. The Balaban J connectivity index is 2.04. The number of nitrogens with zero attached hydrogens (tertiary/aromatic N) is 1. The summed E-state index contributed by atoms with van der Waals surface area (Å²) < 4.78 is 16.8. The molecule has 0 aliphatic rings. The number of halogens is 2. The van der Waals surface area contributed by atoms with Crippen molar-refractivity contribution in [1.29, 1.82) is 0 Å². The lowest BCUT2D eigenvalue weighted by Crippen LogP contribution is -2.12. The van der Waals surface area contributed by atoms with Crippen molar-refractivity contribution in [3.8, 4) is 0 Å². The van der Waals surface area contributed by atoms with Gasteiger partial charge in [0.1, 0.15) is 5.82 Å². The summed E-state index contributed by atoms with van der Waals surface area (Å²) in [5.74, 6) is -0.909. The second-order valence-corrected chi connectivity index (χ2v) is 5.73. The molecular formula is C16H12BrFN2O. The van der Waals surface area contributed by atoms with Crippen LogP contribution in [0.25, 0.3) is 10.9 Å². The molecule has 1 aromatic heterocycles. The fourth-order valence-corrected chi connectivity index (χ4v) is 2.68. The third kappa shape index (κ3) is 2.69. The number of carbonyl (C=O) groups is 1. The SMILES string of the molecule is NC(=O)c1ccc(F)c(Cn2ccc3ccc(Br)cc32)c1. The number of hydrogen-bond acceptors (Lipinski definition) is 1. The van der Waals surface area contributed by atoms with Crippen molar-refractivity contribution in [3.05, 3.63) is 70.1 Å². The van der Waals surface area contributed by atoms with Crippen molar-refractivity contribution < 1.29 is 9.18 Å². The number of nitrogens with two attached hydrogens (primary N) is 1. The molecule has 3 aromatic rings. The second-order valence-electron chi connectivity index (χ2n) is 4.82. The van der Waals surface area contributed by atoms with Crippen LogP contribution in [0, 0.1) is 5.82 Å². The standard InChI is InChI=1S/C16H12BrFN2O/c17-13-3-1-10-5-6-20(15(10)8-13)9-12-7-11(16(19)21)2-4-14(12)18/h1-8H,9H2,(H2,19,21). The molecule has 0 saturated heterocycles. The zero-order chi connectivity index (χ0) is 15.0. The molecule has 2 N–H and O–H groups in total. The maximum absolute atomic E-state index is 13.9. The normalized spacial score (nSPS) is 11.0. The van der Waals surface area contributed by atoms with E-state index in [0.29, 0.717) is 17.7 Å². The minimum atomic E-state index is -0.559. The zero-order valence-corrected chi connectivity index (χ0v) is 12.6. The summed E-state index contributed by atoms with van der Waals surface area (Å²) in [7, 11) is 0. The summed E-state index contributed by atoms with van der Waals surface area (Å²) in [6, 6.07) is 12.1. The predicted molar refractivity (Wildman–Crippen MR) is 83.7 cm³/mol. The minimum absolute atomic E-state index is 0.309. The van der Waals surface area contributed by atoms with Crippen LogP contribution in [-0.2, 0) is 6.54 Å². The Labute approximate surface area is 129 Å². The van der Waals surface area contributed by atoms with Crippen LogP contribution in [0.15, 0.2) is 53.1 Å². The van der Waals surface area contributed by atoms with E-state index >= 15 is 0 Å². The molecule has 0 aliphatic heterocycles. The number of primary amides is 1. The summed E-state index contributed by atoms with van der Waals surface area (Å²) in [6.07, 6.45) is 1.90. The molecule has 0 atom stereocenters. The Morgan fingerprint density at radius 1 is 1.19 bits per heavy atom. The third-order valence-electron chi connectivity index (χ3n) is 3.41. The van der Waals surface area contributed by atoms with Crippen molar-refractivity contribution in [2.24, 2.45) is 5.73 Å². The van der Waals surface area contributed by atoms with Gasteiger partial charge in [0.25, 0.3) is 0 Å². The molecule has 0 spiro atoms. The van der Waals surface area contributed by atoms with E-state index in [0.717, 1.165) is 15.4 Å². The van der Waals surface area contributed by atoms with Crippen LogP contribution in [0.4, 0.5) is 4.39 Å². The van der Waals surface area contributed by atoms with Crippen LogP contribution >= 0.6 is 15.9 Å². The molecule has 106 valence electrons. The molecule has 0 saturated carbocycles. The molecule has 3 nitrogen and oxygen atoms in total. The number of rotatable bonds is 3. The van der Waals surface area contributed by atoms with Crippen molar-refractivity contribution in [2.45, 2.75) is 6.54 Å². The summed E-state index contributed by atoms with van der Waals surface area (Å²) in [4.78, 5) is 11.2. The van der Waals surface area contributed by atoms with E-state index in [9.17, 15) is 9.18 Å². The average molecular weight is 347 g/mol. The van der Waals surface area contributed by atoms with Crippen molar-refractivity contribution in [3.63, 3.8) is 0 Å². The number of amides is 1. The second kappa shape index (κ2) is 5.33. The molecule has 5 heteroatoms. The predicted octanol–water partition coefficient (Wildman–Crippen LogP) is 3.69. The van der Waals surface area contributed by atoms with Crippen LogP contribution < -0.4 is 5.73 Å². The molecule has 21 heavy (non-hydrogen) atoms. The van der Waals surface area contributed by atoms with Crippen LogP contribution in [0.2, 0.25) is 0 Å². The van der Waals surface area contributed by atoms with E-state index in [1.54, 1.807) is 0 Å². The third-order valence-corrected chi connectivity index (χ3v) is 3.90. The van der Waals surface area contributed by atoms with Gasteiger partial charge in [-0.05, 0) is 41.8 Å². The lowest BCUT2D eigenvalue weighted by Gasteiger charge is -2.08. The molecule has 2 aromatic carbocycles. The highest BCUT2D eigenvalue weighted by atomic mass is 79.9. The van der Waals surface area contributed by atoms with Gasteiger partial charge in [0.05, 0.1) is 6.54 Å². The molecule has 1 heterocycles. The number of benzene rings is 2. The fraction of sp³-hybridized carbons (Fsp3) is 0.0625. The average Bonchev–Trinajstić information content (AvgIpc) is 2.83. The summed E-state index contributed by atoms with van der Waals surface area (Å²) in [5.41, 5.74) is 6.98. The van der Waals surface area contributed by atoms with Crippen molar-refractivity contribution in [2.75, 3.05) is 0 Å². The Morgan fingerprint density at radius 3 is 2.76 bits per heavy atom. The molecule has 0 bridgehead atoms. The fourth-order valence-electron chi connectivity index (χ4n) is 2.33. The Morgan fingerprint density at radius 2 is 2.00 bits per heavy atom. The van der Waals surface area contributed by atoms with E-state index in [2.05, 4.69) is 15.9 Å². The van der Waals surface area contributed by atoms with Crippen molar-refractivity contribution >= 4 is 32.7 Å². The van der Waals surface area contributed by atoms with Gasteiger partial charge in [-0.1, -0.05) is 22.0 Å². The highest BCUT2D eigenvalue weighted by Crippen LogP contribution is 2.22. The van der Waals surface area contributed by atoms with Crippen LogP contribution in [0.3, 0.4) is 0 Å². The first-order valence-electron chi connectivity index (χ1n) is 6.37. The molecular weight excluding hydrogens is 335 g/mol. The van der Waals surface area contributed by atoms with E-state index in [1.165, 1.54) is 18.2 Å². The van der Waals surface area contributed by atoms with Crippen LogP contribution in [0.1, 0.15) is 15.9 Å². The Kier molecular flexibility index (Phi) is 3.51. The van der Waals surface area contributed by atoms with E-state index in [-0.39, 0.29) is 5.82 Å². The number of fused-ring (bicyclic) bond motifs is 1. The Hall–Kier alpha value is -2.14. The van der Waals surface area contributed by atoms with Gasteiger partial charge in [0, 0.05) is 27.3 Å². The van der Waals surface area contributed by atoms with Crippen LogP contribution in [0.5, 0.6) is 0 Å². The zero-order valence-electron chi connectivity index (χ0n) is 11.0. The lowest BCUT2D eigenvalue weighted by molar-refractivity contribution is 0.1000. The summed E-state index contributed by atoms with van der Waals surface area (Å²) in [6.45, 7) is 0.340. The Bertz CT molecular complexity index is 841. The van der Waals surface area contributed by atoms with Crippen LogP contribution in [-0.4, -0.2) is 10.5 Å². The first kappa shape index (κ1) is 13.8. The van der Waals surface area contributed by atoms with Gasteiger partial charge >= 0.3 is 0 Å². The minimum Gasteiger partial charge on any atom is -0.366 e. The molecule has 0 fully saturated rings. The number of hydrogen-bond donors (Lipinski definition) is 1. The lowest BCUT2D eigenvalue weighted by atomic mass is 10.1. The highest BCUT2D eigenvalue weighted by Gasteiger charge is 2.09. The van der Waals surface area contributed by atoms with E-state index < -0.39 is 5.91 Å². The first-order valence-corrected chi connectivity index (χ1v) is 7.16. The van der Waals surface area contributed by atoms with Gasteiger partial charge in [0.2, 0.25) is 5.91 Å². The molecule has 0 aliphatic carbocycles. The maximum Gasteiger partial charge on any atom is 0.248 e. The largest absolute Gasteiger partial charge is 0.366 e. The van der Waals surface area contributed by atoms with Gasteiger partial charge in [-0.3, -0.25) is 4.79 Å². The summed E-state index contributed by atoms with van der Waals surface area (Å²) >= 11 is 3.43. The van der Waals surface area contributed by atoms with Gasteiger partial charge in [-0.25, -0.2) is 4.39 Å². The quantitative estimate of drug-likeness (QED) is 0.772. The molecule has 0 radical (unpaired) electrons. The van der Waals surface area contributed by atoms with Gasteiger partial charge < -0.3 is 10.3 Å². The van der Waals surface area contributed by atoms with Gasteiger partial charge in [-0.2, -0.15) is 0 Å². The van der Waals surface area contributed by atoms with Crippen molar-refractivity contribution in [1.82, 2.24) is 4.57 Å². The number of carbonyl (C=O) groups excluding carboxylic acids is 1. The van der Waals surface area contributed by atoms with E-state index in [1.807, 2.05) is 35.0 Å². The monoisotopic (exact) mass is 346 g/mol. The smallest absolute Gasteiger partial charge is 0.248 e. The number of aromatic nitrogens is 1. The first-order chi connectivity index (χ1) is 10.0. The summed E-state index contributed by atoms with van der Waals surface area (Å²) in [5, 5.41) is 1.07.